The van der Waals surface area contributed by atoms with E-state index in [2.05, 4.69) is 11.2 Å². The van der Waals surface area contributed by atoms with Crippen LogP contribution in [0.25, 0.3) is 0 Å². The van der Waals surface area contributed by atoms with Crippen molar-refractivity contribution >= 4 is 85.5 Å². The normalized spacial score (nSPS) is 8.29. The summed E-state index contributed by atoms with van der Waals surface area (Å²) < 4.78 is 24.0. The van der Waals surface area contributed by atoms with Crippen LogP contribution in [-0.4, -0.2) is 78.6 Å². The Hall–Kier alpha value is 2.41. The first-order valence-electron chi connectivity index (χ1n) is 0.698. The molecule has 0 aliphatic heterocycles. The molecule has 0 amide bonds. The van der Waals surface area contributed by atoms with Crippen molar-refractivity contribution in [1.82, 2.24) is 0 Å². The summed E-state index contributed by atoms with van der Waals surface area (Å²) in [5.74, 6) is 0. The molecule has 0 saturated heterocycles. The van der Waals surface area contributed by atoms with Crippen LogP contribution in [0.3, 0.4) is 0 Å². The van der Waals surface area contributed by atoms with Crippen molar-refractivity contribution < 1.29 is 13.3 Å². The van der Waals surface area contributed by atoms with Gasteiger partial charge in [-0.05, 0) is 0 Å². The first kappa shape index (κ1) is 16.2. The van der Waals surface area contributed by atoms with Gasteiger partial charge < -0.3 is 0 Å². The summed E-state index contributed by atoms with van der Waals surface area (Å²) >= 11 is 3.47. The molecule has 7 heteroatoms. The molecule has 2 N–H and O–H groups in total. The summed E-state index contributed by atoms with van der Waals surface area (Å²) in [6, 6.07) is 0. The Labute approximate surface area is 96.9 Å². The Morgan fingerprint density at radius 2 is 1.43 bits per heavy atom. The molecular weight excluding hydrogens is 269 g/mol. The van der Waals surface area contributed by atoms with Crippen molar-refractivity contribution in [2.75, 3.05) is 0 Å². The van der Waals surface area contributed by atoms with Crippen molar-refractivity contribution in [3.05, 3.63) is 0 Å². The van der Waals surface area contributed by atoms with E-state index < -0.39 is 9.05 Å². The van der Waals surface area contributed by atoms with Crippen molar-refractivity contribution in [2.45, 2.75) is 0 Å². The van der Waals surface area contributed by atoms with Crippen LogP contribution in [-0.2, 0) is 20.2 Å². The average Bonchev–Trinajstić information content (AvgIpc) is 0.722. The molecule has 0 unspecified atom stereocenters. The molecule has 0 aromatic rings. The van der Waals surface area contributed by atoms with E-state index in [0.717, 1.165) is 0 Å². The maximum absolute atomic E-state index is 9.11. The second-order valence-corrected chi connectivity index (χ2v) is 2.65. The predicted octanol–water partition coefficient (Wildman–Crippen LogP) is -2.42. The van der Waals surface area contributed by atoms with Crippen LogP contribution in [0.2, 0.25) is 0 Å². The molecule has 0 aliphatic rings. The van der Waals surface area contributed by atoms with Gasteiger partial charge in [0.25, 0.3) is 9.05 Å². The Bertz CT molecular complexity index is 96.1. The van der Waals surface area contributed by atoms with E-state index in [1.54, 1.807) is 0 Å². The third kappa shape index (κ3) is 59.6. The molecule has 0 atom stereocenters. The number of hydrogen-bond donors (Lipinski definition) is 2. The molecule has 0 fully saturated rings. The van der Waals surface area contributed by atoms with Gasteiger partial charge in [0, 0.05) is 11.2 Å². The van der Waals surface area contributed by atoms with E-state index in [1.165, 1.54) is 0 Å². The monoisotopic (exact) mass is 276 g/mol. The predicted molar refractivity (Wildman–Crippen MR) is 39.2 cm³/mol. The fraction of sp³-hybridized carbons (Fsp3) is 0. The first-order valence-corrected chi connectivity index (χ1v) is 3.10. The Balaban J connectivity index is -0.0000000800. The topological polar surface area (TPSA) is 57.5 Å². The van der Waals surface area contributed by atoms with E-state index in [0.29, 0.717) is 0 Å². The van der Waals surface area contributed by atoms with Crippen LogP contribution in [0.4, 0.5) is 0 Å². The summed E-state index contributed by atoms with van der Waals surface area (Å²) in [6.07, 6.45) is 0. The van der Waals surface area contributed by atoms with Gasteiger partial charge in [-0.25, -0.2) is 0 Å². The van der Waals surface area contributed by atoms with Crippen molar-refractivity contribution in [3.63, 3.8) is 0 Å². The van der Waals surface area contributed by atoms with Gasteiger partial charge >= 0.3 is 65.3 Å². The van der Waals surface area contributed by atoms with E-state index in [-0.39, 0.29) is 65.3 Å². The van der Waals surface area contributed by atoms with Crippen LogP contribution in [0.5, 0.6) is 0 Å². The molecule has 7 heavy (non-hydrogen) atoms. The zero-order chi connectivity index (χ0) is 4.50. The van der Waals surface area contributed by atoms with Gasteiger partial charge in [-0.15, -0.1) is 0 Å². The standard InChI is InChI=1S/Ga.H2O3S2.Sr.5H/c;1-5(2,3)4;;;;;;/h;(H2,1,2,3,4);;;;;;. The third-order valence-electron chi connectivity index (χ3n) is 0. The first-order chi connectivity index (χ1) is 2.00. The van der Waals surface area contributed by atoms with Crippen molar-refractivity contribution in [1.29, 1.82) is 0 Å². The number of hydrogen-bond acceptors (Lipinski definition) is 2. The fourth-order valence-corrected chi connectivity index (χ4v) is 0. The minimum absolute atomic E-state index is 0. The minimum atomic E-state index is -3.83. The molecule has 0 rings (SSSR count). The summed E-state index contributed by atoms with van der Waals surface area (Å²) in [6.45, 7) is 0. The van der Waals surface area contributed by atoms with Crippen molar-refractivity contribution in [2.24, 2.45) is 0 Å². The van der Waals surface area contributed by atoms with Crippen LogP contribution in [0, 0.1) is 0 Å². The zero-order valence-corrected chi connectivity index (χ0v) is 3.75. The second-order valence-electron chi connectivity index (χ2n) is 0.448. The van der Waals surface area contributed by atoms with Gasteiger partial charge in [-0.3, -0.25) is 9.11 Å². The fourth-order valence-electron chi connectivity index (χ4n) is 0. The van der Waals surface area contributed by atoms with Crippen LogP contribution in [0.15, 0.2) is 0 Å². The van der Waals surface area contributed by atoms with Gasteiger partial charge in [-0.2, -0.15) is 4.21 Å². The molecule has 0 aromatic heterocycles. The van der Waals surface area contributed by atoms with Crippen LogP contribution >= 0.6 is 0 Å². The van der Waals surface area contributed by atoms with Crippen LogP contribution < -0.4 is 0 Å². The maximum atomic E-state index is 9.11. The van der Waals surface area contributed by atoms with E-state index >= 15 is 0 Å². The third-order valence-corrected chi connectivity index (χ3v) is 0. The van der Waals surface area contributed by atoms with Gasteiger partial charge in [0.15, 0.2) is 0 Å². The quantitative estimate of drug-likeness (QED) is 0.484. The Morgan fingerprint density at radius 3 is 1.43 bits per heavy atom. The second kappa shape index (κ2) is 6.53. The van der Waals surface area contributed by atoms with E-state index in [1.807, 2.05) is 0 Å². The molecule has 0 radical (unpaired) electrons. The number of rotatable bonds is 0. The SMILES string of the molecule is O=S(O)(O)=S.[GaH3].[SrH2]. The van der Waals surface area contributed by atoms with E-state index in [9.17, 15) is 0 Å². The van der Waals surface area contributed by atoms with E-state index in [4.69, 9.17) is 13.3 Å². The van der Waals surface area contributed by atoms with Crippen molar-refractivity contribution in [3.8, 4) is 0 Å². The Kier molecular flexibility index (Phi) is 15.1. The zero-order valence-electron chi connectivity index (χ0n) is 2.12. The van der Waals surface area contributed by atoms with Gasteiger partial charge in [0.05, 0.1) is 0 Å². The average molecular weight is 277 g/mol. The van der Waals surface area contributed by atoms with Gasteiger partial charge in [0.1, 0.15) is 0 Å². The van der Waals surface area contributed by atoms with Crippen LogP contribution in [0.1, 0.15) is 0 Å². The molecule has 0 bridgehead atoms. The molecule has 0 saturated carbocycles. The summed E-state index contributed by atoms with van der Waals surface area (Å²) in [7, 11) is -3.83. The molecule has 3 nitrogen and oxygen atoms in total. The molecule has 0 spiro atoms. The summed E-state index contributed by atoms with van der Waals surface area (Å²) in [5, 5.41) is 0. The molecule has 42 valence electrons. The summed E-state index contributed by atoms with van der Waals surface area (Å²) in [4.78, 5) is 0. The summed E-state index contributed by atoms with van der Waals surface area (Å²) in [5.41, 5.74) is 0. The molecule has 0 heterocycles. The molecule has 0 aliphatic carbocycles. The van der Waals surface area contributed by atoms with Gasteiger partial charge in [-0.1, -0.05) is 0 Å². The molecule has 0 aromatic carbocycles. The Morgan fingerprint density at radius 1 is 1.43 bits per heavy atom. The van der Waals surface area contributed by atoms with Gasteiger partial charge in [0.2, 0.25) is 0 Å². The molecular formula is H7GaO3S2Sr.